The Kier molecular flexibility index (Phi) is 4.03. The van der Waals surface area contributed by atoms with E-state index in [1.807, 2.05) is 56.0 Å². The van der Waals surface area contributed by atoms with E-state index in [-0.39, 0.29) is 5.45 Å². The van der Waals surface area contributed by atoms with Crippen LogP contribution in [-0.2, 0) is 0 Å². The summed E-state index contributed by atoms with van der Waals surface area (Å²) >= 11 is 0. The van der Waals surface area contributed by atoms with Crippen LogP contribution in [0.5, 0.6) is 0 Å². The van der Waals surface area contributed by atoms with Gasteiger partial charge >= 0.3 is 0 Å². The second kappa shape index (κ2) is 5.08. The predicted octanol–water partition coefficient (Wildman–Crippen LogP) is 4.43. The Morgan fingerprint density at radius 1 is 1.13 bits per heavy atom. The number of rotatable bonds is 3. The van der Waals surface area contributed by atoms with E-state index in [1.165, 1.54) is 0 Å². The minimum Gasteiger partial charge on any atom is -0.217 e. The van der Waals surface area contributed by atoms with Gasteiger partial charge in [0.05, 0.1) is 5.45 Å². The zero-order valence-corrected chi connectivity index (χ0v) is 10.5. The van der Waals surface area contributed by atoms with Crippen molar-refractivity contribution in [2.24, 2.45) is 0 Å². The van der Waals surface area contributed by atoms with Crippen LogP contribution in [0, 0.1) is 0 Å². The van der Waals surface area contributed by atoms with Gasteiger partial charge in [-0.15, -0.1) is 0 Å². The van der Waals surface area contributed by atoms with Gasteiger partial charge in [0.25, 0.3) is 0 Å². The molecule has 0 radical (unpaired) electrons. The molecule has 15 heavy (non-hydrogen) atoms. The monoisotopic (exact) mass is 220 g/mol. The largest absolute Gasteiger partial charge is 0.217 e. The Morgan fingerprint density at radius 3 is 2.27 bits per heavy atom. The highest BCUT2D eigenvalue weighted by Gasteiger charge is 2.18. The topological polar surface area (TPSA) is 0 Å². The van der Waals surface area contributed by atoms with E-state index in [9.17, 15) is 4.39 Å². The van der Waals surface area contributed by atoms with Crippen LogP contribution >= 0.6 is 0 Å². The first-order valence-electron chi connectivity index (χ1n) is 5.09. The fraction of sp³-hybridized carbons (Fsp3) is 0.231. The third kappa shape index (κ3) is 4.26. The molecule has 0 unspecified atom stereocenters. The molecule has 0 saturated carbocycles. The van der Waals surface area contributed by atoms with E-state index in [1.54, 1.807) is 12.2 Å². The lowest BCUT2D eigenvalue weighted by molar-refractivity contribution is 0.682. The number of hydrogen-bond donors (Lipinski definition) is 0. The zero-order chi connectivity index (χ0) is 11.3. The van der Waals surface area contributed by atoms with Gasteiger partial charge in [-0.3, -0.25) is 0 Å². The molecule has 1 rings (SSSR count). The van der Waals surface area contributed by atoms with Crippen LogP contribution in [-0.4, -0.2) is 8.07 Å². The van der Waals surface area contributed by atoms with Crippen LogP contribution in [0.1, 0.15) is 5.56 Å². The first kappa shape index (κ1) is 11.9. The lowest BCUT2D eigenvalue weighted by atomic mass is 10.2. The van der Waals surface area contributed by atoms with Crippen molar-refractivity contribution in [1.29, 1.82) is 0 Å². The lowest BCUT2D eigenvalue weighted by Crippen LogP contribution is -2.20. The first-order chi connectivity index (χ1) is 7.00. The average Bonchev–Trinajstić information content (AvgIpc) is 2.18. The molecule has 80 valence electrons. The minimum atomic E-state index is -1.76. The molecule has 1 aromatic rings. The molecule has 0 spiro atoms. The fourth-order valence-electron chi connectivity index (χ4n) is 1.06. The van der Waals surface area contributed by atoms with Crippen LogP contribution in [0.4, 0.5) is 4.39 Å². The summed E-state index contributed by atoms with van der Waals surface area (Å²) in [5.74, 6) is 0. The molecule has 0 aliphatic carbocycles. The van der Waals surface area contributed by atoms with Gasteiger partial charge in [-0.1, -0.05) is 62.1 Å². The summed E-state index contributed by atoms with van der Waals surface area (Å²) in [6, 6.07) is 9.90. The molecular weight excluding hydrogens is 203 g/mol. The van der Waals surface area contributed by atoms with Crippen LogP contribution in [0.15, 0.2) is 47.9 Å². The van der Waals surface area contributed by atoms with Crippen LogP contribution in [0.3, 0.4) is 0 Å². The van der Waals surface area contributed by atoms with Gasteiger partial charge in [0.1, 0.15) is 8.07 Å². The standard InChI is InChI=1S/C13H17FSi/c1-15(2,3)13(14)11-7-10-12-8-5-4-6-9-12/h4-11H,1-3H3/b10-7+,13-11-. The summed E-state index contributed by atoms with van der Waals surface area (Å²) in [7, 11) is -1.76. The van der Waals surface area contributed by atoms with Crippen molar-refractivity contribution >= 4 is 14.1 Å². The maximum absolute atomic E-state index is 13.5. The molecular formula is C13H17FSi. The summed E-state index contributed by atoms with van der Waals surface area (Å²) in [5, 5.41) is 0. The molecule has 0 heterocycles. The molecule has 0 amide bonds. The van der Waals surface area contributed by atoms with E-state index < -0.39 is 8.07 Å². The third-order valence-corrected chi connectivity index (χ3v) is 3.65. The lowest BCUT2D eigenvalue weighted by Gasteiger charge is -2.11. The molecule has 0 saturated heterocycles. The van der Waals surface area contributed by atoms with E-state index in [0.29, 0.717) is 0 Å². The Morgan fingerprint density at radius 2 is 1.73 bits per heavy atom. The summed E-state index contributed by atoms with van der Waals surface area (Å²) in [4.78, 5) is 0. The number of benzene rings is 1. The summed E-state index contributed by atoms with van der Waals surface area (Å²) in [6.45, 7) is 5.99. The molecule has 1 aromatic carbocycles. The molecule has 2 heteroatoms. The van der Waals surface area contributed by atoms with Crippen molar-refractivity contribution in [3.8, 4) is 0 Å². The molecule has 0 aromatic heterocycles. The molecule has 0 N–H and O–H groups in total. The summed E-state index contributed by atoms with van der Waals surface area (Å²) < 4.78 is 13.5. The Balaban J connectivity index is 2.69. The van der Waals surface area contributed by atoms with Crippen molar-refractivity contribution in [3.63, 3.8) is 0 Å². The van der Waals surface area contributed by atoms with Gasteiger partial charge in [-0.25, -0.2) is 4.39 Å². The van der Waals surface area contributed by atoms with Crippen molar-refractivity contribution in [2.75, 3.05) is 0 Å². The molecule has 0 fully saturated rings. The molecule has 0 atom stereocenters. The molecule has 0 aliphatic heterocycles. The molecule has 0 bridgehead atoms. The number of halogens is 1. The van der Waals surface area contributed by atoms with E-state index >= 15 is 0 Å². The Labute approximate surface area is 92.2 Å². The number of hydrogen-bond acceptors (Lipinski definition) is 0. The Hall–Kier alpha value is -1.15. The van der Waals surface area contributed by atoms with Gasteiger partial charge in [-0.2, -0.15) is 0 Å². The van der Waals surface area contributed by atoms with Crippen LogP contribution in [0.25, 0.3) is 6.08 Å². The van der Waals surface area contributed by atoms with E-state index in [4.69, 9.17) is 0 Å². The van der Waals surface area contributed by atoms with Gasteiger partial charge in [-0.05, 0) is 11.6 Å². The van der Waals surface area contributed by atoms with E-state index in [2.05, 4.69) is 0 Å². The predicted molar refractivity (Wildman–Crippen MR) is 68.0 cm³/mol. The van der Waals surface area contributed by atoms with Crippen molar-refractivity contribution in [1.82, 2.24) is 0 Å². The third-order valence-electron chi connectivity index (χ3n) is 2.05. The van der Waals surface area contributed by atoms with Crippen molar-refractivity contribution in [3.05, 3.63) is 53.5 Å². The van der Waals surface area contributed by atoms with Gasteiger partial charge in [0, 0.05) is 0 Å². The highest BCUT2D eigenvalue weighted by molar-refractivity contribution is 6.82. The van der Waals surface area contributed by atoms with Crippen molar-refractivity contribution < 1.29 is 4.39 Å². The van der Waals surface area contributed by atoms with Crippen LogP contribution in [0.2, 0.25) is 19.6 Å². The second-order valence-electron chi connectivity index (χ2n) is 4.53. The highest BCUT2D eigenvalue weighted by Crippen LogP contribution is 2.15. The van der Waals surface area contributed by atoms with Crippen LogP contribution < -0.4 is 0 Å². The summed E-state index contributed by atoms with van der Waals surface area (Å²) in [5.41, 5.74) is 1.13. The van der Waals surface area contributed by atoms with Crippen molar-refractivity contribution in [2.45, 2.75) is 19.6 Å². The van der Waals surface area contributed by atoms with Gasteiger partial charge in [0.15, 0.2) is 0 Å². The summed E-state index contributed by atoms with van der Waals surface area (Å²) in [6.07, 6.45) is 5.28. The SMILES string of the molecule is C[Si](C)(C)/C(F)=C\C=C\c1ccccc1. The quantitative estimate of drug-likeness (QED) is 0.522. The smallest absolute Gasteiger partial charge is 0.114 e. The minimum absolute atomic E-state index is 0.0367. The van der Waals surface area contributed by atoms with Gasteiger partial charge in [0.2, 0.25) is 0 Å². The maximum atomic E-state index is 13.5. The highest BCUT2D eigenvalue weighted by atomic mass is 28.3. The van der Waals surface area contributed by atoms with E-state index in [0.717, 1.165) is 5.56 Å². The Bertz CT molecular complexity index is 358. The fourth-order valence-corrected chi connectivity index (χ4v) is 1.65. The first-order valence-corrected chi connectivity index (χ1v) is 8.59. The second-order valence-corrected chi connectivity index (χ2v) is 9.51. The molecule has 0 nitrogen and oxygen atoms in total. The maximum Gasteiger partial charge on any atom is 0.114 e. The zero-order valence-electron chi connectivity index (χ0n) is 9.50. The average molecular weight is 220 g/mol. The number of allylic oxidation sites excluding steroid dienone is 2. The van der Waals surface area contributed by atoms with Gasteiger partial charge < -0.3 is 0 Å². The molecule has 0 aliphatic rings. The normalized spacial score (nSPS) is 13.5.